The van der Waals surface area contributed by atoms with Crippen molar-refractivity contribution in [3.8, 4) is 17.2 Å². The Hall–Kier alpha value is -2.35. The number of ether oxygens (including phenoxy) is 3. The summed E-state index contributed by atoms with van der Waals surface area (Å²) in [5.74, 6) is -1.75. The predicted molar refractivity (Wildman–Crippen MR) is 88.1 cm³/mol. The highest BCUT2D eigenvalue weighted by atomic mass is 79.9. The molecule has 24 heavy (non-hydrogen) atoms. The van der Waals surface area contributed by atoms with Gasteiger partial charge in [-0.1, -0.05) is 0 Å². The topological polar surface area (TPSA) is 56.8 Å². The van der Waals surface area contributed by atoms with Crippen LogP contribution in [0, 0.1) is 11.6 Å². The van der Waals surface area contributed by atoms with Crippen LogP contribution in [0.25, 0.3) is 0 Å². The standard InChI is InChI=1S/C16H14BrF2NO4/c1-22-12-7-9(13(17)15(24-3)14(12)23-2)16(21)20-8-4-5-10(18)11(19)6-8/h4-7H,1-3H3,(H,20,21). The maximum Gasteiger partial charge on any atom is 0.257 e. The average molecular weight is 402 g/mol. The Labute approximate surface area is 145 Å². The molecule has 0 spiro atoms. The zero-order valence-electron chi connectivity index (χ0n) is 13.1. The van der Waals surface area contributed by atoms with Crippen LogP contribution in [-0.4, -0.2) is 27.2 Å². The van der Waals surface area contributed by atoms with Crippen LogP contribution in [0.3, 0.4) is 0 Å². The number of halogens is 3. The number of hydrogen-bond donors (Lipinski definition) is 1. The molecule has 0 bridgehead atoms. The molecule has 5 nitrogen and oxygen atoms in total. The van der Waals surface area contributed by atoms with E-state index in [4.69, 9.17) is 14.2 Å². The Bertz CT molecular complexity index is 783. The number of nitrogens with one attached hydrogen (secondary N) is 1. The smallest absolute Gasteiger partial charge is 0.257 e. The minimum absolute atomic E-state index is 0.111. The van der Waals surface area contributed by atoms with Gasteiger partial charge in [-0.25, -0.2) is 8.78 Å². The molecule has 0 aliphatic rings. The van der Waals surface area contributed by atoms with Gasteiger partial charge in [-0.2, -0.15) is 0 Å². The van der Waals surface area contributed by atoms with Gasteiger partial charge in [0, 0.05) is 11.8 Å². The number of benzene rings is 2. The van der Waals surface area contributed by atoms with E-state index in [9.17, 15) is 13.6 Å². The Balaban J connectivity index is 2.43. The summed E-state index contributed by atoms with van der Waals surface area (Å²) >= 11 is 3.28. The molecule has 8 heteroatoms. The average Bonchev–Trinajstić information content (AvgIpc) is 2.57. The molecule has 2 aromatic carbocycles. The van der Waals surface area contributed by atoms with Crippen LogP contribution in [0.4, 0.5) is 14.5 Å². The van der Waals surface area contributed by atoms with E-state index < -0.39 is 17.5 Å². The summed E-state index contributed by atoms with van der Waals surface area (Å²) in [4.78, 5) is 12.5. The first kappa shape index (κ1) is 18.0. The summed E-state index contributed by atoms with van der Waals surface area (Å²) in [5, 5.41) is 2.48. The normalized spacial score (nSPS) is 10.2. The molecule has 1 amide bonds. The number of rotatable bonds is 5. The quantitative estimate of drug-likeness (QED) is 0.822. The van der Waals surface area contributed by atoms with Crippen molar-refractivity contribution < 1.29 is 27.8 Å². The minimum atomic E-state index is -1.06. The Morgan fingerprint density at radius 2 is 1.67 bits per heavy atom. The molecular formula is C16H14BrF2NO4. The highest BCUT2D eigenvalue weighted by Gasteiger charge is 2.23. The highest BCUT2D eigenvalue weighted by molar-refractivity contribution is 9.10. The third kappa shape index (κ3) is 3.43. The lowest BCUT2D eigenvalue weighted by Crippen LogP contribution is -2.14. The van der Waals surface area contributed by atoms with Crippen LogP contribution in [0.1, 0.15) is 10.4 Å². The van der Waals surface area contributed by atoms with Gasteiger partial charge in [0.1, 0.15) is 0 Å². The van der Waals surface area contributed by atoms with Gasteiger partial charge in [0.2, 0.25) is 5.75 Å². The molecule has 2 rings (SSSR count). The third-order valence-electron chi connectivity index (χ3n) is 3.19. The number of carbonyl (C=O) groups excluding carboxylic acids is 1. The van der Waals surface area contributed by atoms with Crippen LogP contribution >= 0.6 is 15.9 Å². The van der Waals surface area contributed by atoms with Gasteiger partial charge in [-0.05, 0) is 34.1 Å². The SMILES string of the molecule is COc1cc(C(=O)Nc2ccc(F)c(F)c2)c(Br)c(OC)c1OC. The van der Waals surface area contributed by atoms with Crippen molar-refractivity contribution in [2.45, 2.75) is 0 Å². The maximum absolute atomic E-state index is 13.3. The van der Waals surface area contributed by atoms with Crippen LogP contribution in [0.2, 0.25) is 0 Å². The second-order valence-corrected chi connectivity index (χ2v) is 5.38. The van der Waals surface area contributed by atoms with Crippen molar-refractivity contribution in [2.75, 3.05) is 26.6 Å². The summed E-state index contributed by atoms with van der Waals surface area (Å²) in [5.41, 5.74) is 0.286. The summed E-state index contributed by atoms with van der Waals surface area (Å²) in [7, 11) is 4.27. The van der Waals surface area contributed by atoms with Crippen molar-refractivity contribution in [2.24, 2.45) is 0 Å². The molecule has 2 aromatic rings. The van der Waals surface area contributed by atoms with Crippen molar-refractivity contribution in [3.05, 3.63) is 45.9 Å². The number of carbonyl (C=O) groups is 1. The van der Waals surface area contributed by atoms with E-state index in [0.717, 1.165) is 12.1 Å². The zero-order valence-corrected chi connectivity index (χ0v) is 14.7. The third-order valence-corrected chi connectivity index (χ3v) is 3.98. The number of hydrogen-bond acceptors (Lipinski definition) is 4. The highest BCUT2D eigenvalue weighted by Crippen LogP contribution is 2.44. The summed E-state index contributed by atoms with van der Waals surface area (Å²) < 4.78 is 42.2. The molecule has 0 radical (unpaired) electrons. The van der Waals surface area contributed by atoms with Crippen LogP contribution in [-0.2, 0) is 0 Å². The fourth-order valence-electron chi connectivity index (χ4n) is 2.06. The molecule has 0 aliphatic carbocycles. The molecule has 1 N–H and O–H groups in total. The lowest BCUT2D eigenvalue weighted by atomic mass is 10.1. The van der Waals surface area contributed by atoms with E-state index in [1.54, 1.807) is 0 Å². The van der Waals surface area contributed by atoms with E-state index in [-0.39, 0.29) is 22.7 Å². The molecule has 0 unspecified atom stereocenters. The van der Waals surface area contributed by atoms with Gasteiger partial charge in [0.15, 0.2) is 23.1 Å². The Morgan fingerprint density at radius 1 is 1.00 bits per heavy atom. The molecule has 0 aliphatic heterocycles. The zero-order chi connectivity index (χ0) is 17.9. The molecular weight excluding hydrogens is 388 g/mol. The Morgan fingerprint density at radius 3 is 2.21 bits per heavy atom. The largest absolute Gasteiger partial charge is 0.493 e. The van der Waals surface area contributed by atoms with Gasteiger partial charge < -0.3 is 19.5 Å². The van der Waals surface area contributed by atoms with E-state index >= 15 is 0 Å². The monoisotopic (exact) mass is 401 g/mol. The summed E-state index contributed by atoms with van der Waals surface area (Å²) in [6.07, 6.45) is 0. The van der Waals surface area contributed by atoms with Crippen molar-refractivity contribution in [3.63, 3.8) is 0 Å². The maximum atomic E-state index is 13.3. The lowest BCUT2D eigenvalue weighted by molar-refractivity contribution is 0.102. The number of anilines is 1. The van der Waals surface area contributed by atoms with Gasteiger partial charge in [-0.3, -0.25) is 4.79 Å². The molecule has 0 fully saturated rings. The Kier molecular flexibility index (Phi) is 5.61. The van der Waals surface area contributed by atoms with E-state index in [0.29, 0.717) is 10.2 Å². The first-order valence-corrected chi connectivity index (χ1v) is 7.47. The molecule has 0 saturated carbocycles. The second kappa shape index (κ2) is 7.48. The summed E-state index contributed by atoms with van der Waals surface area (Å²) in [6, 6.07) is 4.51. The van der Waals surface area contributed by atoms with Gasteiger partial charge in [-0.15, -0.1) is 0 Å². The molecule has 0 heterocycles. The molecule has 0 saturated heterocycles. The van der Waals surface area contributed by atoms with Gasteiger partial charge in [0.05, 0.1) is 31.4 Å². The van der Waals surface area contributed by atoms with Gasteiger partial charge in [0.25, 0.3) is 5.91 Å². The van der Waals surface area contributed by atoms with E-state index in [2.05, 4.69) is 21.2 Å². The predicted octanol–water partition coefficient (Wildman–Crippen LogP) is 4.01. The number of amides is 1. The molecule has 0 aromatic heterocycles. The van der Waals surface area contributed by atoms with Crippen molar-refractivity contribution in [1.82, 2.24) is 0 Å². The van der Waals surface area contributed by atoms with E-state index in [1.807, 2.05) is 0 Å². The summed E-state index contributed by atoms with van der Waals surface area (Å²) in [6.45, 7) is 0. The van der Waals surface area contributed by atoms with Crippen LogP contribution in [0.15, 0.2) is 28.7 Å². The van der Waals surface area contributed by atoms with Crippen LogP contribution < -0.4 is 19.5 Å². The first-order valence-electron chi connectivity index (χ1n) is 6.67. The first-order chi connectivity index (χ1) is 11.4. The van der Waals surface area contributed by atoms with Crippen molar-refractivity contribution in [1.29, 1.82) is 0 Å². The molecule has 0 atom stereocenters. The fraction of sp³-hybridized carbons (Fsp3) is 0.188. The second-order valence-electron chi connectivity index (χ2n) is 4.59. The minimum Gasteiger partial charge on any atom is -0.493 e. The fourth-order valence-corrected chi connectivity index (χ4v) is 2.70. The van der Waals surface area contributed by atoms with E-state index in [1.165, 1.54) is 33.5 Å². The van der Waals surface area contributed by atoms with Gasteiger partial charge >= 0.3 is 0 Å². The number of methoxy groups -OCH3 is 3. The molecule has 128 valence electrons. The lowest BCUT2D eigenvalue weighted by Gasteiger charge is -2.16. The van der Waals surface area contributed by atoms with Crippen LogP contribution in [0.5, 0.6) is 17.2 Å². The van der Waals surface area contributed by atoms with Crippen molar-refractivity contribution >= 4 is 27.5 Å².